The average Bonchev–Trinajstić information content (AvgIpc) is 2.28. The second-order valence-corrected chi connectivity index (χ2v) is 6.69. The van der Waals surface area contributed by atoms with E-state index >= 15 is 0 Å². The predicted molar refractivity (Wildman–Crippen MR) is 76.4 cm³/mol. The normalized spacial score (nSPS) is 10.9. The fraction of sp³-hybridized carbons (Fsp3) is 0.786. The van der Waals surface area contributed by atoms with Crippen LogP contribution in [0.3, 0.4) is 0 Å². The molecule has 100 valence electrons. The molecule has 0 unspecified atom stereocenters. The molecule has 0 bridgehead atoms. The van der Waals surface area contributed by atoms with Gasteiger partial charge in [0.15, 0.2) is 5.78 Å². The first kappa shape index (κ1) is 18.9. The summed E-state index contributed by atoms with van der Waals surface area (Å²) >= 11 is 0. The zero-order valence-corrected chi connectivity index (χ0v) is 13.1. The van der Waals surface area contributed by atoms with Crippen molar-refractivity contribution in [2.75, 3.05) is 6.61 Å². The summed E-state index contributed by atoms with van der Waals surface area (Å²) in [6.45, 7) is 17.1. The molecule has 17 heavy (non-hydrogen) atoms. The molecule has 0 saturated heterocycles. The van der Waals surface area contributed by atoms with Gasteiger partial charge in [-0.25, -0.2) is 0 Å². The summed E-state index contributed by atoms with van der Waals surface area (Å²) in [5, 5.41) is 0.186. The van der Waals surface area contributed by atoms with E-state index in [1.54, 1.807) is 0 Å². The molecule has 0 aliphatic heterocycles. The summed E-state index contributed by atoms with van der Waals surface area (Å²) in [5.41, 5.74) is 0. The second-order valence-electron chi connectivity index (χ2n) is 4.91. The van der Waals surface area contributed by atoms with Gasteiger partial charge in [-0.1, -0.05) is 41.0 Å². The number of hydrogen-bond acceptors (Lipinski definition) is 2. The van der Waals surface area contributed by atoms with Crippen LogP contribution in [-0.2, 0) is 9.22 Å². The van der Waals surface area contributed by atoms with Crippen LogP contribution in [0.1, 0.15) is 53.9 Å². The van der Waals surface area contributed by atoms with Gasteiger partial charge in [0.2, 0.25) is 9.76 Å². The van der Waals surface area contributed by atoms with Crippen molar-refractivity contribution >= 4 is 15.5 Å². The maximum Gasteiger partial charge on any atom is 0.236 e. The molecule has 0 rings (SSSR count). The van der Waals surface area contributed by atoms with Crippen molar-refractivity contribution in [3.63, 3.8) is 0 Å². The zero-order valence-electron chi connectivity index (χ0n) is 12.1. The van der Waals surface area contributed by atoms with Gasteiger partial charge in [0.05, 0.1) is 6.61 Å². The molecule has 3 heteroatoms. The highest BCUT2D eigenvalue weighted by atomic mass is 28.2. The fourth-order valence-electron chi connectivity index (χ4n) is 0.867. The van der Waals surface area contributed by atoms with Crippen molar-refractivity contribution in [3.05, 3.63) is 13.2 Å². The molecule has 0 atom stereocenters. The molecule has 0 aliphatic rings. The Morgan fingerprint density at radius 2 is 1.88 bits per heavy atom. The van der Waals surface area contributed by atoms with Gasteiger partial charge in [0.1, 0.15) is 0 Å². The molecular formula is C14H28O2Si. The van der Waals surface area contributed by atoms with Gasteiger partial charge in [0.25, 0.3) is 0 Å². The smallest absolute Gasteiger partial charge is 0.236 e. The van der Waals surface area contributed by atoms with Crippen molar-refractivity contribution in [3.8, 4) is 0 Å². The molecule has 0 saturated carbocycles. The molecule has 0 aromatic rings. The highest BCUT2D eigenvalue weighted by Gasteiger charge is 2.24. The van der Waals surface area contributed by atoms with Crippen LogP contribution in [0.25, 0.3) is 0 Å². The quantitative estimate of drug-likeness (QED) is 0.484. The van der Waals surface area contributed by atoms with E-state index in [-0.39, 0.29) is 10.8 Å². The molecule has 2 radical (unpaired) electrons. The summed E-state index contributed by atoms with van der Waals surface area (Å²) in [4.78, 5) is 11.3. The molecule has 0 spiro atoms. The zero-order chi connectivity index (χ0) is 13.9. The Morgan fingerprint density at radius 1 is 1.35 bits per heavy atom. The summed E-state index contributed by atoms with van der Waals surface area (Å²) in [6.07, 6.45) is 2.73. The molecule has 0 heterocycles. The number of carbonyl (C=O) groups excluding carboxylic acids is 1. The van der Waals surface area contributed by atoms with E-state index in [0.717, 1.165) is 12.8 Å². The van der Waals surface area contributed by atoms with Gasteiger partial charge in [-0.05, 0) is 17.4 Å². The Balaban J connectivity index is 0. The van der Waals surface area contributed by atoms with Crippen molar-refractivity contribution in [1.82, 2.24) is 0 Å². The summed E-state index contributed by atoms with van der Waals surface area (Å²) in [7, 11) is 0.416. The first-order valence-corrected chi connectivity index (χ1v) is 7.21. The maximum absolute atomic E-state index is 11.3. The van der Waals surface area contributed by atoms with Crippen LogP contribution in [0.5, 0.6) is 0 Å². The number of carbonyl (C=O) groups is 1. The van der Waals surface area contributed by atoms with E-state index in [1.165, 1.54) is 0 Å². The van der Waals surface area contributed by atoms with Gasteiger partial charge in [-0.15, -0.1) is 13.2 Å². The van der Waals surface area contributed by atoms with E-state index in [4.69, 9.17) is 4.43 Å². The van der Waals surface area contributed by atoms with Crippen molar-refractivity contribution < 1.29 is 9.22 Å². The van der Waals surface area contributed by atoms with Crippen molar-refractivity contribution in [2.24, 2.45) is 5.92 Å². The Morgan fingerprint density at radius 3 is 2.29 bits per heavy atom. The molecule has 0 N–H and O–H groups in total. The van der Waals surface area contributed by atoms with Crippen LogP contribution in [0.2, 0.25) is 5.04 Å². The third-order valence-corrected chi connectivity index (χ3v) is 4.21. The first-order valence-electron chi connectivity index (χ1n) is 6.30. The molecule has 0 amide bonds. The average molecular weight is 256 g/mol. The summed E-state index contributed by atoms with van der Waals surface area (Å²) < 4.78 is 5.50. The van der Waals surface area contributed by atoms with Gasteiger partial charge < -0.3 is 4.43 Å². The van der Waals surface area contributed by atoms with E-state index in [0.29, 0.717) is 28.7 Å². The molecule has 0 aromatic heterocycles. The highest BCUT2D eigenvalue weighted by Crippen LogP contribution is 2.32. The largest absolute Gasteiger partial charge is 0.410 e. The van der Waals surface area contributed by atoms with Crippen molar-refractivity contribution in [2.45, 2.75) is 58.9 Å². The molecule has 2 nitrogen and oxygen atoms in total. The second kappa shape index (κ2) is 10.7. The number of unbranched alkanes of at least 4 members (excludes halogenated alkanes) is 1. The predicted octanol–water partition coefficient (Wildman–Crippen LogP) is 4.04. The first-order chi connectivity index (χ1) is 7.90. The standard InChI is InChI=1S/C12H24O2Si.C2H4/c1-6-7-8-11(13)9-14-15-12(4,5)10(2)3;1-2/h10H,6-9H2,1-5H3;1-2H2. The summed E-state index contributed by atoms with van der Waals surface area (Å²) in [6, 6.07) is 0. The number of hydrogen-bond donors (Lipinski definition) is 0. The minimum atomic E-state index is 0.186. The third-order valence-electron chi connectivity index (χ3n) is 2.82. The van der Waals surface area contributed by atoms with Crippen LogP contribution >= 0.6 is 0 Å². The van der Waals surface area contributed by atoms with E-state index in [1.807, 2.05) is 0 Å². The van der Waals surface area contributed by atoms with Crippen LogP contribution in [-0.4, -0.2) is 22.2 Å². The van der Waals surface area contributed by atoms with Gasteiger partial charge in [0, 0.05) is 6.42 Å². The Bertz CT molecular complexity index is 200. The lowest BCUT2D eigenvalue weighted by atomic mass is 9.99. The van der Waals surface area contributed by atoms with Crippen LogP contribution in [0, 0.1) is 5.92 Å². The number of rotatable bonds is 8. The van der Waals surface area contributed by atoms with Gasteiger partial charge >= 0.3 is 0 Å². The lowest BCUT2D eigenvalue weighted by Gasteiger charge is -2.26. The maximum atomic E-state index is 11.3. The molecule has 0 aliphatic carbocycles. The lowest BCUT2D eigenvalue weighted by molar-refractivity contribution is -0.121. The molecular weight excluding hydrogens is 228 g/mol. The number of Topliss-reactive ketones (excluding diaryl/α,β-unsaturated/α-hetero) is 1. The Hall–Kier alpha value is -0.413. The summed E-state index contributed by atoms with van der Waals surface area (Å²) in [5.74, 6) is 0.825. The van der Waals surface area contributed by atoms with E-state index in [9.17, 15) is 4.79 Å². The number of ketones is 1. The van der Waals surface area contributed by atoms with Crippen LogP contribution in [0.15, 0.2) is 13.2 Å². The SMILES string of the molecule is C=C.CCCCC(=O)CO[Si]C(C)(C)C(C)C. The molecule has 0 fully saturated rings. The third kappa shape index (κ3) is 10.5. The topological polar surface area (TPSA) is 26.3 Å². The Labute approximate surface area is 110 Å². The highest BCUT2D eigenvalue weighted by molar-refractivity contribution is 6.32. The van der Waals surface area contributed by atoms with Crippen molar-refractivity contribution in [1.29, 1.82) is 0 Å². The van der Waals surface area contributed by atoms with E-state index < -0.39 is 0 Å². The minimum absolute atomic E-state index is 0.186. The van der Waals surface area contributed by atoms with Crippen LogP contribution < -0.4 is 0 Å². The lowest BCUT2D eigenvalue weighted by Crippen LogP contribution is -2.24. The van der Waals surface area contributed by atoms with E-state index in [2.05, 4.69) is 47.8 Å². The minimum Gasteiger partial charge on any atom is -0.410 e. The van der Waals surface area contributed by atoms with Gasteiger partial charge in [-0.2, -0.15) is 0 Å². The fourth-order valence-corrected chi connectivity index (χ4v) is 1.71. The monoisotopic (exact) mass is 256 g/mol. The van der Waals surface area contributed by atoms with Crippen LogP contribution in [0.4, 0.5) is 0 Å². The Kier molecular flexibility index (Phi) is 11.9. The van der Waals surface area contributed by atoms with Gasteiger partial charge in [-0.3, -0.25) is 4.79 Å². The molecule has 0 aromatic carbocycles.